The highest BCUT2D eigenvalue weighted by Crippen LogP contribution is 2.34. The van der Waals surface area contributed by atoms with Gasteiger partial charge in [0.1, 0.15) is 5.82 Å². The van der Waals surface area contributed by atoms with Gasteiger partial charge in [0.25, 0.3) is 0 Å². The van der Waals surface area contributed by atoms with Crippen LogP contribution in [-0.2, 0) is 6.18 Å². The molecular weight excluding hydrogens is 307 g/mol. The number of nitrogens with one attached hydrogen (secondary N) is 1. The zero-order valence-electron chi connectivity index (χ0n) is 11.3. The van der Waals surface area contributed by atoms with E-state index < -0.39 is 11.7 Å². The molecule has 1 unspecified atom stereocenters. The summed E-state index contributed by atoms with van der Waals surface area (Å²) in [5.41, 5.74) is 4.73. The second kappa shape index (κ2) is 5.97. The minimum atomic E-state index is -4.45. The Kier molecular flexibility index (Phi) is 4.46. The number of nitrogens with two attached hydrogens (primary N) is 1. The minimum Gasteiger partial charge on any atom is -0.370 e. The van der Waals surface area contributed by atoms with E-state index in [2.05, 4.69) is 15.3 Å². The Labute approximate surface area is 125 Å². The molecule has 1 saturated heterocycles. The summed E-state index contributed by atoms with van der Waals surface area (Å²) in [6.07, 6.45) is -2.88. The monoisotopic (exact) mass is 321 g/mol. The molecule has 9 heteroatoms. The van der Waals surface area contributed by atoms with E-state index in [4.69, 9.17) is 17.3 Å². The molecule has 0 amide bonds. The summed E-state index contributed by atoms with van der Waals surface area (Å²) in [6.45, 7) is 1.18. The first-order valence-corrected chi connectivity index (χ1v) is 6.65. The number of nitrogens with zero attached hydrogens (tertiary/aromatic N) is 3. The van der Waals surface area contributed by atoms with E-state index in [0.717, 1.165) is 18.7 Å². The Balaban J connectivity index is 2.10. The van der Waals surface area contributed by atoms with E-state index in [1.165, 1.54) is 0 Å². The van der Waals surface area contributed by atoms with Crippen molar-refractivity contribution in [1.82, 2.24) is 10.3 Å². The molecule has 3 N–H and O–H groups in total. The van der Waals surface area contributed by atoms with Crippen LogP contribution in [0.4, 0.5) is 19.0 Å². The van der Waals surface area contributed by atoms with Gasteiger partial charge in [0.2, 0.25) is 0 Å². The summed E-state index contributed by atoms with van der Waals surface area (Å²) < 4.78 is 37.7. The average Bonchev–Trinajstić information content (AvgIpc) is 2.85. The first-order chi connectivity index (χ1) is 9.81. The van der Waals surface area contributed by atoms with Gasteiger partial charge in [-0.15, -0.1) is 0 Å². The van der Waals surface area contributed by atoms with Crippen LogP contribution < -0.4 is 16.0 Å². The summed E-state index contributed by atoms with van der Waals surface area (Å²) in [5, 5.41) is 3.01. The molecule has 1 atom stereocenters. The molecule has 0 aliphatic carbocycles. The highest BCUT2D eigenvalue weighted by molar-refractivity contribution is 6.33. The number of anilines is 1. The fourth-order valence-corrected chi connectivity index (χ4v) is 2.45. The number of aliphatic imine (C=N–C) groups is 1. The van der Waals surface area contributed by atoms with E-state index >= 15 is 0 Å². The lowest BCUT2D eigenvalue weighted by Gasteiger charge is -2.20. The number of guanidine groups is 1. The number of rotatable bonds is 2. The molecule has 1 aromatic heterocycles. The fraction of sp³-hybridized carbons (Fsp3) is 0.500. The Morgan fingerprint density at radius 2 is 2.29 bits per heavy atom. The van der Waals surface area contributed by atoms with E-state index in [1.807, 2.05) is 4.90 Å². The van der Waals surface area contributed by atoms with E-state index in [0.29, 0.717) is 24.9 Å². The van der Waals surface area contributed by atoms with Crippen molar-refractivity contribution in [2.45, 2.75) is 18.6 Å². The van der Waals surface area contributed by atoms with E-state index in [-0.39, 0.29) is 11.1 Å². The van der Waals surface area contributed by atoms with Crippen LogP contribution in [0, 0.1) is 0 Å². The highest BCUT2D eigenvalue weighted by atomic mass is 35.5. The molecule has 1 aliphatic heterocycles. The number of pyridine rings is 1. The van der Waals surface area contributed by atoms with Crippen LogP contribution in [0.2, 0.25) is 5.02 Å². The smallest absolute Gasteiger partial charge is 0.370 e. The lowest BCUT2D eigenvalue weighted by molar-refractivity contribution is -0.137. The SMILES string of the molecule is CN=C(N)NC1CCN(c2ncc(C(F)(F)F)cc2Cl)C1. The zero-order chi connectivity index (χ0) is 15.6. The first-order valence-electron chi connectivity index (χ1n) is 6.27. The van der Waals surface area contributed by atoms with Gasteiger partial charge in [0.05, 0.1) is 10.6 Å². The third-order valence-corrected chi connectivity index (χ3v) is 3.51. The Bertz CT molecular complexity index is 546. The molecule has 2 rings (SSSR count). The van der Waals surface area contributed by atoms with Crippen molar-refractivity contribution in [1.29, 1.82) is 0 Å². The van der Waals surface area contributed by atoms with Crippen LogP contribution >= 0.6 is 11.6 Å². The first kappa shape index (κ1) is 15.7. The van der Waals surface area contributed by atoms with Crippen LogP contribution in [0.25, 0.3) is 0 Å². The van der Waals surface area contributed by atoms with Gasteiger partial charge in [-0.3, -0.25) is 4.99 Å². The topological polar surface area (TPSA) is 66.5 Å². The van der Waals surface area contributed by atoms with Crippen molar-refractivity contribution in [3.05, 3.63) is 22.8 Å². The minimum absolute atomic E-state index is 0.0115. The molecular formula is C12H15ClF3N5. The van der Waals surface area contributed by atoms with Gasteiger partial charge in [0.15, 0.2) is 5.96 Å². The molecule has 0 aromatic carbocycles. The number of hydrogen-bond donors (Lipinski definition) is 2. The third-order valence-electron chi connectivity index (χ3n) is 3.23. The van der Waals surface area contributed by atoms with Crippen molar-refractivity contribution in [3.63, 3.8) is 0 Å². The second-order valence-electron chi connectivity index (χ2n) is 4.71. The largest absolute Gasteiger partial charge is 0.417 e. The molecule has 0 spiro atoms. The second-order valence-corrected chi connectivity index (χ2v) is 5.12. The average molecular weight is 322 g/mol. The van der Waals surface area contributed by atoms with Crippen LogP contribution in [-0.4, -0.2) is 37.1 Å². The molecule has 2 heterocycles. The van der Waals surface area contributed by atoms with Crippen molar-refractivity contribution in [3.8, 4) is 0 Å². The van der Waals surface area contributed by atoms with E-state index in [9.17, 15) is 13.2 Å². The van der Waals surface area contributed by atoms with Crippen LogP contribution in [0.3, 0.4) is 0 Å². The molecule has 5 nitrogen and oxygen atoms in total. The predicted octanol–water partition coefficient (Wildman–Crippen LogP) is 1.87. The van der Waals surface area contributed by atoms with Gasteiger partial charge in [0, 0.05) is 32.4 Å². The van der Waals surface area contributed by atoms with Gasteiger partial charge < -0.3 is 16.0 Å². The summed E-state index contributed by atoms with van der Waals surface area (Å²) >= 11 is 5.92. The Morgan fingerprint density at radius 3 is 2.86 bits per heavy atom. The molecule has 1 fully saturated rings. The molecule has 21 heavy (non-hydrogen) atoms. The van der Waals surface area contributed by atoms with Gasteiger partial charge >= 0.3 is 6.18 Å². The zero-order valence-corrected chi connectivity index (χ0v) is 12.0. The van der Waals surface area contributed by atoms with E-state index in [1.54, 1.807) is 7.05 Å². The Morgan fingerprint density at radius 1 is 1.57 bits per heavy atom. The van der Waals surface area contributed by atoms with Gasteiger partial charge in [-0.25, -0.2) is 4.98 Å². The van der Waals surface area contributed by atoms with Crippen molar-refractivity contribution < 1.29 is 13.2 Å². The molecule has 0 bridgehead atoms. The standard InChI is InChI=1S/C12H15ClF3N5/c1-18-11(17)20-8-2-3-21(6-8)10-9(13)4-7(5-19-10)12(14,15)16/h4-5,8H,2-3,6H2,1H3,(H3,17,18,20). The predicted molar refractivity (Wildman–Crippen MR) is 75.5 cm³/mol. The van der Waals surface area contributed by atoms with Crippen LogP contribution in [0.1, 0.15) is 12.0 Å². The number of alkyl halides is 3. The maximum absolute atomic E-state index is 12.6. The summed E-state index contributed by atoms with van der Waals surface area (Å²) in [5.74, 6) is 0.675. The number of aromatic nitrogens is 1. The Hall–Kier alpha value is -1.70. The quantitative estimate of drug-likeness (QED) is 0.644. The fourth-order valence-electron chi connectivity index (χ4n) is 2.16. The number of halogens is 4. The van der Waals surface area contributed by atoms with Crippen molar-refractivity contribution in [2.75, 3.05) is 25.0 Å². The molecule has 0 radical (unpaired) electrons. The summed E-state index contributed by atoms with van der Waals surface area (Å²) in [4.78, 5) is 9.47. The van der Waals surface area contributed by atoms with Gasteiger partial charge in [-0.2, -0.15) is 13.2 Å². The maximum Gasteiger partial charge on any atom is 0.417 e. The molecule has 1 aliphatic rings. The van der Waals surface area contributed by atoms with Crippen molar-refractivity contribution >= 4 is 23.4 Å². The summed E-state index contributed by atoms with van der Waals surface area (Å²) in [7, 11) is 1.57. The normalized spacial score (nSPS) is 20.0. The number of hydrogen-bond acceptors (Lipinski definition) is 3. The van der Waals surface area contributed by atoms with Crippen molar-refractivity contribution in [2.24, 2.45) is 10.7 Å². The molecule has 1 aromatic rings. The van der Waals surface area contributed by atoms with Gasteiger partial charge in [-0.05, 0) is 12.5 Å². The lowest BCUT2D eigenvalue weighted by atomic mass is 10.2. The molecule has 0 saturated carbocycles. The van der Waals surface area contributed by atoms with Crippen LogP contribution in [0.5, 0.6) is 0 Å². The van der Waals surface area contributed by atoms with Gasteiger partial charge in [-0.1, -0.05) is 11.6 Å². The third kappa shape index (κ3) is 3.69. The summed E-state index contributed by atoms with van der Waals surface area (Å²) in [6, 6.07) is 0.959. The molecule has 116 valence electrons. The maximum atomic E-state index is 12.6. The lowest BCUT2D eigenvalue weighted by Crippen LogP contribution is -2.41. The van der Waals surface area contributed by atoms with Crippen LogP contribution in [0.15, 0.2) is 17.3 Å². The highest BCUT2D eigenvalue weighted by Gasteiger charge is 2.33.